The van der Waals surface area contributed by atoms with Crippen LogP contribution in [0, 0.1) is 0 Å². The normalized spacial score (nSPS) is 11.8. The molecule has 0 fully saturated rings. The monoisotopic (exact) mass is 864 g/mol. The van der Waals surface area contributed by atoms with E-state index in [0.29, 0.717) is 5.71 Å². The standard InChI is InChI=1S/C65H40N2O/c1-5-15-55-46(11-1)37-47-12-2-6-16-56(47)63(55)50-23-21-44-39-53(31-27-42(44)35-50)67(52-29-25-41(26-30-52)61-34-33-60-59-19-9-10-20-62(59)68-65(60)66-61)54-32-28-43-36-51(24-22-45(43)40-54)64-57-17-7-3-13-48(57)38-49-14-4-8-18-58(49)64/h1-40H. The predicted octanol–water partition coefficient (Wildman–Crippen LogP) is 18.4. The van der Waals surface area contributed by atoms with E-state index in [0.717, 1.165) is 44.7 Å². The summed E-state index contributed by atoms with van der Waals surface area (Å²) in [6, 6.07) is 88.2. The lowest BCUT2D eigenvalue weighted by atomic mass is 9.91. The van der Waals surface area contributed by atoms with Crippen molar-refractivity contribution in [3.63, 3.8) is 0 Å². The van der Waals surface area contributed by atoms with Gasteiger partial charge in [0.2, 0.25) is 5.71 Å². The van der Waals surface area contributed by atoms with Crippen LogP contribution in [0.5, 0.6) is 0 Å². The van der Waals surface area contributed by atoms with Crippen LogP contribution in [0.1, 0.15) is 0 Å². The van der Waals surface area contributed by atoms with Crippen molar-refractivity contribution in [3.05, 3.63) is 243 Å². The van der Waals surface area contributed by atoms with E-state index in [2.05, 4.69) is 229 Å². The molecule has 0 saturated heterocycles. The SMILES string of the molecule is c1ccc2c(-c3ccc4cc(N(c5ccc(-c6ccc7c(n6)oc6ccccc67)cc5)c5ccc6cc(-c7c8ccccc8cc8ccccc78)ccc6c5)ccc4c3)c3ccccc3cc2c1. The van der Waals surface area contributed by atoms with Crippen molar-refractivity contribution in [1.82, 2.24) is 4.98 Å². The van der Waals surface area contributed by atoms with Crippen LogP contribution in [0.4, 0.5) is 17.1 Å². The van der Waals surface area contributed by atoms with Crippen molar-refractivity contribution in [3.8, 4) is 33.5 Å². The fourth-order valence-corrected chi connectivity index (χ4v) is 10.7. The molecule has 0 amide bonds. The summed E-state index contributed by atoms with van der Waals surface area (Å²) in [4.78, 5) is 7.36. The molecule has 14 aromatic rings. The number of pyridine rings is 1. The Morgan fingerprint density at radius 1 is 0.279 bits per heavy atom. The zero-order valence-corrected chi connectivity index (χ0v) is 36.9. The van der Waals surface area contributed by atoms with Crippen LogP contribution in [0.3, 0.4) is 0 Å². The maximum Gasteiger partial charge on any atom is 0.227 e. The molecule has 0 aliphatic carbocycles. The van der Waals surface area contributed by atoms with Gasteiger partial charge in [0.25, 0.3) is 0 Å². The minimum absolute atomic E-state index is 0.648. The molecule has 2 heterocycles. The van der Waals surface area contributed by atoms with Crippen LogP contribution in [0.2, 0.25) is 0 Å². The summed E-state index contributed by atoms with van der Waals surface area (Å²) >= 11 is 0. The topological polar surface area (TPSA) is 29.3 Å². The van der Waals surface area contributed by atoms with E-state index in [1.807, 2.05) is 18.2 Å². The second kappa shape index (κ2) is 15.3. The molecular weight excluding hydrogens is 825 g/mol. The Morgan fingerprint density at radius 2 is 0.691 bits per heavy atom. The minimum atomic E-state index is 0.648. The van der Waals surface area contributed by atoms with Gasteiger partial charge >= 0.3 is 0 Å². The quantitative estimate of drug-likeness (QED) is 0.156. The fourth-order valence-electron chi connectivity index (χ4n) is 10.7. The average Bonchev–Trinajstić information content (AvgIpc) is 3.77. The van der Waals surface area contributed by atoms with Crippen molar-refractivity contribution >= 4 is 104 Å². The van der Waals surface area contributed by atoms with Crippen LogP contribution < -0.4 is 4.90 Å². The number of aromatic nitrogens is 1. The van der Waals surface area contributed by atoms with E-state index in [4.69, 9.17) is 9.40 Å². The van der Waals surface area contributed by atoms with Crippen molar-refractivity contribution in [2.75, 3.05) is 4.90 Å². The van der Waals surface area contributed by atoms with Crippen molar-refractivity contribution < 1.29 is 4.42 Å². The van der Waals surface area contributed by atoms with Crippen LogP contribution in [-0.4, -0.2) is 4.98 Å². The fraction of sp³-hybridized carbons (Fsp3) is 0. The summed E-state index contributed by atoms with van der Waals surface area (Å²) in [5, 5.41) is 16.9. The first-order valence-corrected chi connectivity index (χ1v) is 23.3. The second-order valence-corrected chi connectivity index (χ2v) is 17.9. The third-order valence-corrected chi connectivity index (χ3v) is 13.9. The van der Waals surface area contributed by atoms with Crippen LogP contribution in [-0.2, 0) is 0 Å². The number of fused-ring (bicyclic) bond motifs is 9. The first kappa shape index (κ1) is 38.2. The Labute approximate surface area is 392 Å². The van der Waals surface area contributed by atoms with E-state index in [1.54, 1.807) is 0 Å². The van der Waals surface area contributed by atoms with Crippen LogP contribution >= 0.6 is 0 Å². The maximum atomic E-state index is 6.18. The lowest BCUT2D eigenvalue weighted by Gasteiger charge is -2.26. The lowest BCUT2D eigenvalue weighted by Crippen LogP contribution is -2.10. The van der Waals surface area contributed by atoms with E-state index >= 15 is 0 Å². The molecule has 14 rings (SSSR count). The number of rotatable bonds is 6. The van der Waals surface area contributed by atoms with Gasteiger partial charge in [0, 0.05) is 33.4 Å². The average molecular weight is 865 g/mol. The van der Waals surface area contributed by atoms with Crippen LogP contribution in [0.15, 0.2) is 247 Å². The third-order valence-electron chi connectivity index (χ3n) is 13.9. The van der Waals surface area contributed by atoms with Crippen molar-refractivity contribution in [2.45, 2.75) is 0 Å². The van der Waals surface area contributed by atoms with Gasteiger partial charge in [-0.25, -0.2) is 4.98 Å². The molecule has 3 heteroatoms. The van der Waals surface area contributed by atoms with Gasteiger partial charge in [0.15, 0.2) is 0 Å². The molecule has 0 unspecified atom stereocenters. The number of furan rings is 1. The second-order valence-electron chi connectivity index (χ2n) is 17.9. The highest BCUT2D eigenvalue weighted by atomic mass is 16.3. The number of anilines is 3. The number of hydrogen-bond donors (Lipinski definition) is 0. The first-order chi connectivity index (χ1) is 33.7. The molecule has 0 saturated carbocycles. The highest BCUT2D eigenvalue weighted by Crippen LogP contribution is 2.43. The molecule has 0 aliphatic heterocycles. The molecule has 0 N–H and O–H groups in total. The van der Waals surface area contributed by atoms with Crippen LogP contribution in [0.25, 0.3) is 120 Å². The zero-order valence-electron chi connectivity index (χ0n) is 36.9. The molecule has 316 valence electrons. The summed E-state index contributed by atoms with van der Waals surface area (Å²) in [5.74, 6) is 0. The predicted molar refractivity (Wildman–Crippen MR) is 288 cm³/mol. The van der Waals surface area contributed by atoms with Gasteiger partial charge in [-0.15, -0.1) is 0 Å². The number of para-hydroxylation sites is 1. The Kier molecular flexibility index (Phi) is 8.59. The third kappa shape index (κ3) is 6.25. The molecule has 0 radical (unpaired) electrons. The zero-order chi connectivity index (χ0) is 44.7. The van der Waals surface area contributed by atoms with E-state index in [1.165, 1.54) is 86.9 Å². The molecular formula is C65H40N2O. The Hall–Kier alpha value is -9.05. The maximum absolute atomic E-state index is 6.18. The molecule has 2 aromatic heterocycles. The summed E-state index contributed by atoms with van der Waals surface area (Å²) in [5.41, 5.74) is 11.6. The van der Waals surface area contributed by atoms with Gasteiger partial charge < -0.3 is 9.32 Å². The summed E-state index contributed by atoms with van der Waals surface area (Å²) < 4.78 is 6.18. The molecule has 3 nitrogen and oxygen atoms in total. The minimum Gasteiger partial charge on any atom is -0.438 e. The highest BCUT2D eigenvalue weighted by Gasteiger charge is 2.18. The molecule has 0 spiro atoms. The van der Waals surface area contributed by atoms with Gasteiger partial charge in [-0.2, -0.15) is 0 Å². The van der Waals surface area contributed by atoms with Crippen molar-refractivity contribution in [2.24, 2.45) is 0 Å². The van der Waals surface area contributed by atoms with Crippen molar-refractivity contribution in [1.29, 1.82) is 0 Å². The summed E-state index contributed by atoms with van der Waals surface area (Å²) in [7, 11) is 0. The smallest absolute Gasteiger partial charge is 0.227 e. The summed E-state index contributed by atoms with van der Waals surface area (Å²) in [6.07, 6.45) is 0. The molecule has 0 aliphatic rings. The number of nitrogens with zero attached hydrogens (tertiary/aromatic N) is 2. The first-order valence-electron chi connectivity index (χ1n) is 23.3. The Morgan fingerprint density at radius 3 is 1.21 bits per heavy atom. The Bertz CT molecular complexity index is 4030. The van der Waals surface area contributed by atoms with E-state index < -0.39 is 0 Å². The molecule has 12 aromatic carbocycles. The summed E-state index contributed by atoms with van der Waals surface area (Å²) in [6.45, 7) is 0. The highest BCUT2D eigenvalue weighted by molar-refractivity contribution is 6.15. The van der Waals surface area contributed by atoms with Gasteiger partial charge in [-0.05, 0) is 166 Å². The lowest BCUT2D eigenvalue weighted by molar-refractivity contribution is 0.654. The molecule has 68 heavy (non-hydrogen) atoms. The van der Waals surface area contributed by atoms with Gasteiger partial charge in [0.05, 0.1) is 5.69 Å². The van der Waals surface area contributed by atoms with Gasteiger partial charge in [-0.3, -0.25) is 0 Å². The number of benzene rings is 12. The Balaban J connectivity index is 0.890. The van der Waals surface area contributed by atoms with Gasteiger partial charge in [0.1, 0.15) is 5.58 Å². The molecule has 0 atom stereocenters. The van der Waals surface area contributed by atoms with E-state index in [9.17, 15) is 0 Å². The molecule has 0 bridgehead atoms. The van der Waals surface area contributed by atoms with E-state index in [-0.39, 0.29) is 0 Å². The van der Waals surface area contributed by atoms with Gasteiger partial charge in [-0.1, -0.05) is 164 Å². The largest absolute Gasteiger partial charge is 0.438 e. The number of hydrogen-bond acceptors (Lipinski definition) is 3.